The first-order valence-electron chi connectivity index (χ1n) is 3.03. The van der Waals surface area contributed by atoms with Gasteiger partial charge in [0.25, 0.3) is 0 Å². The molecule has 0 amide bonds. The topological polar surface area (TPSA) is 62.7 Å². The Balaban J connectivity index is 3.15. The van der Waals surface area contributed by atoms with Crippen LogP contribution in [0.3, 0.4) is 0 Å². The molecule has 0 radical (unpaired) electrons. The van der Waals surface area contributed by atoms with Crippen LogP contribution in [0.4, 0.5) is 0 Å². The number of pyridine rings is 1. The van der Waals surface area contributed by atoms with Crippen molar-refractivity contribution in [1.82, 2.24) is 4.98 Å². The first kappa shape index (κ1) is 8.43. The van der Waals surface area contributed by atoms with Crippen LogP contribution in [-0.4, -0.2) is 4.98 Å². The molecular weight excluding hydrogens is 253 g/mol. The van der Waals surface area contributed by atoms with Gasteiger partial charge in [-0.2, -0.15) is 5.26 Å². The van der Waals surface area contributed by atoms with Gasteiger partial charge in [0.15, 0.2) is 0 Å². The van der Waals surface area contributed by atoms with E-state index in [0.717, 1.165) is 9.39 Å². The highest BCUT2D eigenvalue weighted by Crippen LogP contribution is 2.06. The van der Waals surface area contributed by atoms with E-state index in [1.807, 2.05) is 6.07 Å². The molecule has 1 heterocycles. The lowest BCUT2D eigenvalue weighted by atomic mass is 10.2. The van der Waals surface area contributed by atoms with Crippen LogP contribution in [0.15, 0.2) is 12.1 Å². The molecule has 3 nitrogen and oxygen atoms in total. The molecule has 0 aliphatic carbocycles. The first-order valence-corrected chi connectivity index (χ1v) is 4.11. The van der Waals surface area contributed by atoms with Crippen LogP contribution in [0, 0.1) is 15.0 Å². The minimum absolute atomic E-state index is 0.380. The first-order chi connectivity index (χ1) is 5.26. The molecule has 0 unspecified atom stereocenters. The van der Waals surface area contributed by atoms with Gasteiger partial charge in [-0.3, -0.25) is 0 Å². The Morgan fingerprint density at radius 1 is 1.64 bits per heavy atom. The van der Waals surface area contributed by atoms with Gasteiger partial charge in [-0.1, -0.05) is 0 Å². The molecule has 1 rings (SSSR count). The van der Waals surface area contributed by atoms with Crippen molar-refractivity contribution in [3.63, 3.8) is 0 Å². The lowest BCUT2D eigenvalue weighted by Gasteiger charge is -1.96. The molecule has 0 spiro atoms. The van der Waals surface area contributed by atoms with Gasteiger partial charge < -0.3 is 5.73 Å². The van der Waals surface area contributed by atoms with Gasteiger partial charge >= 0.3 is 0 Å². The van der Waals surface area contributed by atoms with Gasteiger partial charge in [0, 0.05) is 6.54 Å². The van der Waals surface area contributed by atoms with Gasteiger partial charge in [-0.05, 0) is 34.7 Å². The standard InChI is InChI=1S/C7H6IN3/c8-7-2-5(3-9)1-6(4-10)11-7/h1-2H,4,10H2. The van der Waals surface area contributed by atoms with E-state index < -0.39 is 0 Å². The highest BCUT2D eigenvalue weighted by Gasteiger charge is 1.97. The van der Waals surface area contributed by atoms with Crippen LogP contribution in [0.25, 0.3) is 0 Å². The minimum Gasteiger partial charge on any atom is -0.325 e. The molecule has 11 heavy (non-hydrogen) atoms. The maximum Gasteiger partial charge on any atom is 0.103 e. The Labute approximate surface area is 78.4 Å². The molecule has 0 fully saturated rings. The fraction of sp³-hybridized carbons (Fsp3) is 0.143. The Kier molecular flexibility index (Phi) is 2.79. The normalized spacial score (nSPS) is 9.18. The van der Waals surface area contributed by atoms with E-state index >= 15 is 0 Å². The van der Waals surface area contributed by atoms with Crippen molar-refractivity contribution in [2.45, 2.75) is 6.54 Å². The number of nitriles is 1. The third-order valence-electron chi connectivity index (χ3n) is 1.19. The SMILES string of the molecule is N#Cc1cc(I)nc(CN)c1. The van der Waals surface area contributed by atoms with Crippen molar-refractivity contribution in [2.24, 2.45) is 5.73 Å². The molecular formula is C7H6IN3. The van der Waals surface area contributed by atoms with Gasteiger partial charge in [0.1, 0.15) is 3.70 Å². The molecule has 4 heteroatoms. The molecule has 1 aromatic heterocycles. The van der Waals surface area contributed by atoms with Crippen molar-refractivity contribution < 1.29 is 0 Å². The fourth-order valence-corrected chi connectivity index (χ4v) is 1.37. The third kappa shape index (κ3) is 2.13. The van der Waals surface area contributed by atoms with Crippen LogP contribution in [0.5, 0.6) is 0 Å². The summed E-state index contributed by atoms with van der Waals surface area (Å²) in [6.07, 6.45) is 0. The highest BCUT2D eigenvalue weighted by atomic mass is 127. The van der Waals surface area contributed by atoms with Crippen LogP contribution in [0.1, 0.15) is 11.3 Å². The van der Waals surface area contributed by atoms with E-state index in [4.69, 9.17) is 11.0 Å². The second-order valence-corrected chi connectivity index (χ2v) is 3.09. The van der Waals surface area contributed by atoms with E-state index in [-0.39, 0.29) is 0 Å². The zero-order valence-corrected chi connectivity index (χ0v) is 7.87. The van der Waals surface area contributed by atoms with Crippen molar-refractivity contribution in [3.05, 3.63) is 27.1 Å². The summed E-state index contributed by atoms with van der Waals surface area (Å²) in [5.74, 6) is 0. The van der Waals surface area contributed by atoms with Gasteiger partial charge in [-0.25, -0.2) is 4.98 Å². The van der Waals surface area contributed by atoms with Crippen molar-refractivity contribution >= 4 is 22.6 Å². The van der Waals surface area contributed by atoms with E-state index in [9.17, 15) is 0 Å². The summed E-state index contributed by atoms with van der Waals surface area (Å²) in [5, 5.41) is 8.56. The van der Waals surface area contributed by atoms with Gasteiger partial charge in [0.05, 0.1) is 17.3 Å². The predicted octanol–water partition coefficient (Wildman–Crippen LogP) is 1.02. The van der Waals surface area contributed by atoms with Crippen LogP contribution in [-0.2, 0) is 6.54 Å². The Hall–Kier alpha value is -0.670. The zero-order valence-electron chi connectivity index (χ0n) is 5.71. The van der Waals surface area contributed by atoms with Crippen LogP contribution >= 0.6 is 22.6 Å². The largest absolute Gasteiger partial charge is 0.325 e. The molecule has 1 aromatic rings. The van der Waals surface area contributed by atoms with Crippen molar-refractivity contribution in [2.75, 3.05) is 0 Å². The summed E-state index contributed by atoms with van der Waals surface area (Å²) in [5.41, 5.74) is 6.74. The summed E-state index contributed by atoms with van der Waals surface area (Å²) in [7, 11) is 0. The quantitative estimate of drug-likeness (QED) is 0.604. The monoisotopic (exact) mass is 259 g/mol. The lowest BCUT2D eigenvalue weighted by Crippen LogP contribution is -2.01. The maximum atomic E-state index is 8.56. The highest BCUT2D eigenvalue weighted by molar-refractivity contribution is 14.1. The second kappa shape index (κ2) is 3.64. The smallest absolute Gasteiger partial charge is 0.103 e. The molecule has 0 bridgehead atoms. The molecule has 0 atom stereocenters. The molecule has 0 saturated carbocycles. The molecule has 2 N–H and O–H groups in total. The summed E-state index contributed by atoms with van der Waals surface area (Å²) in [6.45, 7) is 0.380. The average molecular weight is 259 g/mol. The van der Waals surface area contributed by atoms with Crippen molar-refractivity contribution in [3.8, 4) is 6.07 Å². The zero-order chi connectivity index (χ0) is 8.27. The number of rotatable bonds is 1. The Morgan fingerprint density at radius 2 is 2.36 bits per heavy atom. The maximum absolute atomic E-state index is 8.56. The Morgan fingerprint density at radius 3 is 2.91 bits per heavy atom. The summed E-state index contributed by atoms with van der Waals surface area (Å²) in [4.78, 5) is 4.11. The molecule has 0 aromatic carbocycles. The van der Waals surface area contributed by atoms with E-state index in [0.29, 0.717) is 12.1 Å². The Bertz CT molecular complexity index is 303. The number of nitrogens with two attached hydrogens (primary N) is 1. The van der Waals surface area contributed by atoms with Crippen LogP contribution < -0.4 is 5.73 Å². The summed E-state index contributed by atoms with van der Waals surface area (Å²) < 4.78 is 0.808. The number of halogens is 1. The van der Waals surface area contributed by atoms with E-state index in [2.05, 4.69) is 27.6 Å². The van der Waals surface area contributed by atoms with E-state index in [1.165, 1.54) is 0 Å². The molecule has 0 aliphatic heterocycles. The predicted molar refractivity (Wildman–Crippen MR) is 49.6 cm³/mol. The molecule has 0 saturated heterocycles. The number of aromatic nitrogens is 1. The fourth-order valence-electron chi connectivity index (χ4n) is 0.720. The van der Waals surface area contributed by atoms with Crippen molar-refractivity contribution in [1.29, 1.82) is 5.26 Å². The third-order valence-corrected chi connectivity index (χ3v) is 1.74. The molecule has 56 valence electrons. The summed E-state index contributed by atoms with van der Waals surface area (Å²) >= 11 is 2.06. The van der Waals surface area contributed by atoms with Gasteiger partial charge in [0.2, 0.25) is 0 Å². The average Bonchev–Trinajstić information content (AvgIpc) is 2.03. The molecule has 0 aliphatic rings. The van der Waals surface area contributed by atoms with Gasteiger partial charge in [-0.15, -0.1) is 0 Å². The van der Waals surface area contributed by atoms with Crippen LogP contribution in [0.2, 0.25) is 0 Å². The number of hydrogen-bond acceptors (Lipinski definition) is 3. The number of nitrogens with zero attached hydrogens (tertiary/aromatic N) is 2. The lowest BCUT2D eigenvalue weighted by molar-refractivity contribution is 0.976. The van der Waals surface area contributed by atoms with E-state index in [1.54, 1.807) is 12.1 Å². The summed E-state index contributed by atoms with van der Waals surface area (Å²) in [6, 6.07) is 5.46. The number of hydrogen-bond donors (Lipinski definition) is 1. The minimum atomic E-state index is 0.380. The second-order valence-electron chi connectivity index (χ2n) is 1.99.